The van der Waals surface area contributed by atoms with Crippen LogP contribution in [0.15, 0.2) is 54.0 Å². The Bertz CT molecular complexity index is 1330. The molecule has 0 spiro atoms. The summed E-state index contributed by atoms with van der Waals surface area (Å²) in [6.07, 6.45) is 2.86. The quantitative estimate of drug-likeness (QED) is 0.311. The van der Waals surface area contributed by atoms with Crippen LogP contribution in [0.2, 0.25) is 0 Å². The van der Waals surface area contributed by atoms with Crippen LogP contribution >= 0.6 is 11.3 Å². The maximum atomic E-state index is 6.08. The van der Waals surface area contributed by atoms with E-state index >= 15 is 0 Å². The number of anilines is 3. The minimum Gasteiger partial charge on any atom is -0.494 e. The lowest BCUT2D eigenvalue weighted by Gasteiger charge is -2.28. The molecule has 0 unspecified atom stereocenters. The third-order valence-electron chi connectivity index (χ3n) is 6.84. The van der Waals surface area contributed by atoms with Crippen LogP contribution in [0.1, 0.15) is 6.42 Å². The summed E-state index contributed by atoms with van der Waals surface area (Å²) in [7, 11) is 0. The maximum Gasteiger partial charge on any atom is 0.162 e. The summed E-state index contributed by atoms with van der Waals surface area (Å²) in [6.45, 7) is 9.29. The summed E-state index contributed by atoms with van der Waals surface area (Å²) in [4.78, 5) is 19.2. The molecule has 5 heterocycles. The molecule has 0 amide bonds. The molecule has 38 heavy (non-hydrogen) atoms. The molecule has 1 aromatic carbocycles. The molecule has 0 saturated carbocycles. The average Bonchev–Trinajstić information content (AvgIpc) is 3.46. The van der Waals surface area contributed by atoms with E-state index < -0.39 is 0 Å². The second-order valence-electron chi connectivity index (χ2n) is 9.48. The highest BCUT2D eigenvalue weighted by molar-refractivity contribution is 7.17. The molecule has 10 heteroatoms. The molecule has 2 fully saturated rings. The highest BCUT2D eigenvalue weighted by Gasteiger charge is 2.14. The molecular weight excluding hydrogens is 498 g/mol. The van der Waals surface area contributed by atoms with E-state index in [9.17, 15) is 0 Å². The number of fused-ring (bicyclic) bond motifs is 1. The highest BCUT2D eigenvalue weighted by Crippen LogP contribution is 2.32. The van der Waals surface area contributed by atoms with E-state index in [0.717, 1.165) is 104 Å². The Morgan fingerprint density at radius 2 is 1.92 bits per heavy atom. The lowest BCUT2D eigenvalue weighted by atomic mass is 10.2. The molecule has 0 atom stereocenters. The fourth-order valence-corrected chi connectivity index (χ4v) is 5.56. The molecule has 2 N–H and O–H groups in total. The van der Waals surface area contributed by atoms with Gasteiger partial charge < -0.3 is 25.0 Å². The lowest BCUT2D eigenvalue weighted by Crippen LogP contribution is -2.43. The van der Waals surface area contributed by atoms with E-state index in [1.54, 1.807) is 11.3 Å². The predicted octanol–water partition coefficient (Wildman–Crippen LogP) is 4.01. The van der Waals surface area contributed by atoms with Gasteiger partial charge in [0.25, 0.3) is 0 Å². The molecule has 0 aliphatic carbocycles. The SMILES string of the molecule is c1cc(OCCCN2CCOCC2)cc(-c2nc(Nc3ccc(N4CCNCC4)nc3)c3sccc3n2)c1. The van der Waals surface area contributed by atoms with Crippen molar-refractivity contribution in [3.05, 3.63) is 54.0 Å². The fraction of sp³-hybridized carbons (Fsp3) is 0.393. The Morgan fingerprint density at radius 1 is 1.03 bits per heavy atom. The summed E-state index contributed by atoms with van der Waals surface area (Å²) >= 11 is 1.63. The molecule has 0 bridgehead atoms. The number of nitrogens with zero attached hydrogens (tertiary/aromatic N) is 5. The van der Waals surface area contributed by atoms with Crippen LogP contribution < -0.4 is 20.3 Å². The van der Waals surface area contributed by atoms with Gasteiger partial charge in [0.1, 0.15) is 11.6 Å². The molecule has 198 valence electrons. The minimum atomic E-state index is 0.669. The Hall–Kier alpha value is -3.31. The van der Waals surface area contributed by atoms with Crippen LogP contribution in [0.3, 0.4) is 0 Å². The normalized spacial score (nSPS) is 16.6. The van der Waals surface area contributed by atoms with E-state index in [0.29, 0.717) is 12.4 Å². The van der Waals surface area contributed by atoms with Crippen molar-refractivity contribution in [3.8, 4) is 17.1 Å². The van der Waals surface area contributed by atoms with Gasteiger partial charge in [-0.1, -0.05) is 12.1 Å². The number of aromatic nitrogens is 3. The lowest BCUT2D eigenvalue weighted by molar-refractivity contribution is 0.0358. The molecule has 2 aliphatic heterocycles. The first kappa shape index (κ1) is 25.0. The van der Waals surface area contributed by atoms with Crippen LogP contribution in [0, 0.1) is 0 Å². The second kappa shape index (κ2) is 12.0. The molecule has 0 radical (unpaired) electrons. The Morgan fingerprint density at radius 3 is 2.76 bits per heavy atom. The molecular formula is C28H33N7O2S. The highest BCUT2D eigenvalue weighted by atomic mass is 32.1. The van der Waals surface area contributed by atoms with Gasteiger partial charge in [-0.25, -0.2) is 15.0 Å². The topological polar surface area (TPSA) is 87.7 Å². The summed E-state index contributed by atoms with van der Waals surface area (Å²) in [6, 6.07) is 14.2. The smallest absolute Gasteiger partial charge is 0.162 e. The van der Waals surface area contributed by atoms with Crippen LogP contribution in [0.5, 0.6) is 5.75 Å². The summed E-state index contributed by atoms with van der Waals surface area (Å²) in [5.74, 6) is 3.29. The number of morpholine rings is 1. The van der Waals surface area contributed by atoms with Gasteiger partial charge >= 0.3 is 0 Å². The van der Waals surface area contributed by atoms with Gasteiger partial charge in [0.05, 0.1) is 41.9 Å². The summed E-state index contributed by atoms with van der Waals surface area (Å²) < 4.78 is 12.5. The largest absolute Gasteiger partial charge is 0.494 e. The number of rotatable bonds is 9. The van der Waals surface area contributed by atoms with Crippen LogP contribution in [0.4, 0.5) is 17.3 Å². The molecule has 4 aromatic rings. The van der Waals surface area contributed by atoms with Crippen LogP contribution in [-0.4, -0.2) is 85.5 Å². The van der Waals surface area contributed by atoms with Crippen molar-refractivity contribution in [1.82, 2.24) is 25.2 Å². The Balaban J connectivity index is 1.15. The Kier molecular flexibility index (Phi) is 7.92. The zero-order chi connectivity index (χ0) is 25.6. The first-order valence-corrected chi connectivity index (χ1v) is 14.2. The van der Waals surface area contributed by atoms with Gasteiger partial charge in [0.15, 0.2) is 11.6 Å². The van der Waals surface area contributed by atoms with E-state index in [1.165, 1.54) is 0 Å². The van der Waals surface area contributed by atoms with Crippen molar-refractivity contribution in [2.45, 2.75) is 6.42 Å². The first-order chi connectivity index (χ1) is 18.8. The Labute approximate surface area is 226 Å². The van der Waals surface area contributed by atoms with E-state index in [-0.39, 0.29) is 0 Å². The number of benzene rings is 1. The number of piperazine rings is 1. The fourth-order valence-electron chi connectivity index (χ4n) is 4.78. The number of nitrogens with one attached hydrogen (secondary N) is 2. The van der Waals surface area contributed by atoms with Gasteiger partial charge in [-0.3, -0.25) is 4.90 Å². The van der Waals surface area contributed by atoms with Crippen LogP contribution in [-0.2, 0) is 4.74 Å². The standard InChI is InChI=1S/C28H33N7O2S/c1-3-21(19-23(4-1)37-15-2-10-34-13-16-36-17-14-34)27-32-24-7-18-38-26(24)28(33-27)31-22-5-6-25(30-20-22)35-11-8-29-9-12-35/h1,3-7,18-20,29H,2,8-17H2,(H,31,32,33). The number of hydrogen-bond acceptors (Lipinski definition) is 10. The van der Waals surface area contributed by atoms with E-state index in [1.807, 2.05) is 41.9 Å². The molecule has 3 aromatic heterocycles. The summed E-state index contributed by atoms with van der Waals surface area (Å²) in [5, 5.41) is 8.91. The molecule has 9 nitrogen and oxygen atoms in total. The van der Waals surface area contributed by atoms with Gasteiger partial charge in [-0.2, -0.15) is 0 Å². The van der Waals surface area contributed by atoms with Crippen molar-refractivity contribution in [2.75, 3.05) is 75.9 Å². The second-order valence-corrected chi connectivity index (χ2v) is 10.4. The van der Waals surface area contributed by atoms with Crippen molar-refractivity contribution in [2.24, 2.45) is 0 Å². The number of pyridine rings is 1. The zero-order valence-electron chi connectivity index (χ0n) is 21.4. The third-order valence-corrected chi connectivity index (χ3v) is 7.75. The van der Waals surface area contributed by atoms with Gasteiger partial charge in [0, 0.05) is 51.4 Å². The minimum absolute atomic E-state index is 0.669. The number of ether oxygens (including phenoxy) is 2. The van der Waals surface area contributed by atoms with E-state index in [2.05, 4.69) is 32.6 Å². The van der Waals surface area contributed by atoms with Gasteiger partial charge in [-0.15, -0.1) is 11.3 Å². The molecule has 6 rings (SSSR count). The van der Waals surface area contributed by atoms with Crippen molar-refractivity contribution in [1.29, 1.82) is 0 Å². The van der Waals surface area contributed by atoms with Gasteiger partial charge in [-0.05, 0) is 42.1 Å². The monoisotopic (exact) mass is 531 g/mol. The number of thiophene rings is 1. The maximum absolute atomic E-state index is 6.08. The van der Waals surface area contributed by atoms with Gasteiger partial charge in [0.2, 0.25) is 0 Å². The van der Waals surface area contributed by atoms with E-state index in [4.69, 9.17) is 24.4 Å². The zero-order valence-corrected chi connectivity index (χ0v) is 22.3. The third kappa shape index (κ3) is 6.05. The first-order valence-electron chi connectivity index (χ1n) is 13.3. The average molecular weight is 532 g/mol. The van der Waals surface area contributed by atoms with Crippen molar-refractivity contribution in [3.63, 3.8) is 0 Å². The van der Waals surface area contributed by atoms with Crippen molar-refractivity contribution >= 4 is 38.9 Å². The van der Waals surface area contributed by atoms with Crippen molar-refractivity contribution < 1.29 is 9.47 Å². The van der Waals surface area contributed by atoms with Crippen LogP contribution in [0.25, 0.3) is 21.6 Å². The molecule has 2 saturated heterocycles. The number of hydrogen-bond donors (Lipinski definition) is 2. The molecule has 2 aliphatic rings. The predicted molar refractivity (Wildman–Crippen MR) is 153 cm³/mol. The summed E-state index contributed by atoms with van der Waals surface area (Å²) in [5.41, 5.74) is 2.75.